The minimum Gasteiger partial charge on any atom is -0.394 e. The first kappa shape index (κ1) is 10.1. The summed E-state index contributed by atoms with van der Waals surface area (Å²) in [7, 11) is 0. The maximum absolute atomic E-state index is 13.4. The van der Waals surface area contributed by atoms with E-state index < -0.39 is 11.9 Å². The van der Waals surface area contributed by atoms with Crippen LogP contribution in [-0.2, 0) is 0 Å². The summed E-state index contributed by atoms with van der Waals surface area (Å²) in [6.45, 7) is 1.56. The highest BCUT2D eigenvalue weighted by Crippen LogP contribution is 2.19. The number of hydrogen-bond acceptors (Lipinski definition) is 3. The molecule has 0 saturated carbocycles. The summed E-state index contributed by atoms with van der Waals surface area (Å²) in [5.41, 5.74) is 7.25. The molecule has 1 atom stereocenters. The molecule has 0 aromatic carbocycles. The molecule has 15 heavy (non-hydrogen) atoms. The Morgan fingerprint density at radius 1 is 1.67 bits per heavy atom. The first-order chi connectivity index (χ1) is 7.15. The van der Waals surface area contributed by atoms with Crippen LogP contribution in [0, 0.1) is 12.7 Å². The van der Waals surface area contributed by atoms with Crippen LogP contribution in [-0.4, -0.2) is 21.1 Å². The van der Waals surface area contributed by atoms with Gasteiger partial charge >= 0.3 is 0 Å². The molecule has 80 valence electrons. The lowest BCUT2D eigenvalue weighted by atomic mass is 10.2. The lowest BCUT2D eigenvalue weighted by Crippen LogP contribution is -2.17. The van der Waals surface area contributed by atoms with E-state index in [1.54, 1.807) is 23.6 Å². The summed E-state index contributed by atoms with van der Waals surface area (Å²) in [6.07, 6.45) is 1.68. The van der Waals surface area contributed by atoms with E-state index in [2.05, 4.69) is 4.98 Å². The molecule has 2 aromatic heterocycles. The highest BCUT2D eigenvalue weighted by Gasteiger charge is 2.16. The number of aryl methyl sites for hydroxylation is 1. The molecule has 0 saturated heterocycles. The predicted octanol–water partition coefficient (Wildman–Crippen LogP) is 0.774. The van der Waals surface area contributed by atoms with Gasteiger partial charge in [-0.25, -0.2) is 9.37 Å². The van der Waals surface area contributed by atoms with Crippen molar-refractivity contribution in [3.8, 4) is 0 Å². The van der Waals surface area contributed by atoms with Gasteiger partial charge in [0.25, 0.3) is 0 Å². The fourth-order valence-corrected chi connectivity index (χ4v) is 1.70. The van der Waals surface area contributed by atoms with E-state index in [9.17, 15) is 4.39 Å². The molecule has 0 aliphatic rings. The van der Waals surface area contributed by atoms with Gasteiger partial charge in [0.2, 0.25) is 0 Å². The maximum Gasteiger partial charge on any atom is 0.173 e. The Morgan fingerprint density at radius 3 is 3.07 bits per heavy atom. The van der Waals surface area contributed by atoms with Crippen LogP contribution in [0.3, 0.4) is 0 Å². The van der Waals surface area contributed by atoms with Crippen molar-refractivity contribution < 1.29 is 9.50 Å². The van der Waals surface area contributed by atoms with E-state index in [1.807, 2.05) is 0 Å². The van der Waals surface area contributed by atoms with Crippen molar-refractivity contribution in [3.05, 3.63) is 35.5 Å². The third kappa shape index (κ3) is 1.49. The molecule has 0 fully saturated rings. The molecule has 0 amide bonds. The van der Waals surface area contributed by atoms with Gasteiger partial charge in [-0.05, 0) is 19.1 Å². The van der Waals surface area contributed by atoms with E-state index in [0.717, 1.165) is 0 Å². The van der Waals surface area contributed by atoms with Crippen LogP contribution in [0.4, 0.5) is 4.39 Å². The van der Waals surface area contributed by atoms with Gasteiger partial charge in [0.1, 0.15) is 0 Å². The number of nitrogens with zero attached hydrogens (tertiary/aromatic N) is 2. The smallest absolute Gasteiger partial charge is 0.173 e. The van der Waals surface area contributed by atoms with E-state index >= 15 is 0 Å². The van der Waals surface area contributed by atoms with Gasteiger partial charge in [0.05, 0.1) is 24.0 Å². The van der Waals surface area contributed by atoms with E-state index in [4.69, 9.17) is 10.8 Å². The number of rotatable bonds is 2. The molecule has 2 heterocycles. The Balaban J connectivity index is 2.73. The van der Waals surface area contributed by atoms with Crippen LogP contribution in [0.5, 0.6) is 0 Å². The summed E-state index contributed by atoms with van der Waals surface area (Å²) < 4.78 is 14.9. The van der Waals surface area contributed by atoms with Crippen LogP contribution in [0.25, 0.3) is 5.65 Å². The molecule has 5 heteroatoms. The minimum atomic E-state index is -0.540. The van der Waals surface area contributed by atoms with Crippen molar-refractivity contribution >= 4 is 5.65 Å². The summed E-state index contributed by atoms with van der Waals surface area (Å²) >= 11 is 0. The van der Waals surface area contributed by atoms with Gasteiger partial charge in [-0.3, -0.25) is 4.40 Å². The van der Waals surface area contributed by atoms with Crippen LogP contribution >= 0.6 is 0 Å². The average Bonchev–Trinajstić information content (AvgIpc) is 2.55. The van der Waals surface area contributed by atoms with Crippen molar-refractivity contribution in [2.45, 2.75) is 13.0 Å². The van der Waals surface area contributed by atoms with Gasteiger partial charge in [0, 0.05) is 6.20 Å². The quantitative estimate of drug-likeness (QED) is 0.768. The molecule has 4 nitrogen and oxygen atoms in total. The van der Waals surface area contributed by atoms with Crippen molar-refractivity contribution in [2.75, 3.05) is 6.61 Å². The number of fused-ring (bicyclic) bond motifs is 1. The van der Waals surface area contributed by atoms with Crippen LogP contribution in [0.2, 0.25) is 0 Å². The number of nitrogens with two attached hydrogens (primary N) is 1. The van der Waals surface area contributed by atoms with Crippen molar-refractivity contribution in [1.82, 2.24) is 9.38 Å². The molecule has 2 rings (SSSR count). The fourth-order valence-electron chi connectivity index (χ4n) is 1.70. The molecular formula is C10H12FN3O. The second-order valence-electron chi connectivity index (χ2n) is 3.42. The maximum atomic E-state index is 13.4. The molecule has 0 radical (unpaired) electrons. The number of aliphatic hydroxyl groups excluding tert-OH is 1. The standard InChI is InChI=1S/C10H12FN3O/c1-6-9(8(12)5-15)14-4-2-3-7(11)10(14)13-6/h2-4,8,15H,5,12H2,1H3. The van der Waals surface area contributed by atoms with Crippen LogP contribution in [0.1, 0.15) is 17.4 Å². The minimum absolute atomic E-state index is 0.189. The summed E-state index contributed by atoms with van der Waals surface area (Å²) in [5, 5.41) is 9.00. The van der Waals surface area contributed by atoms with E-state index in [1.165, 1.54) is 6.07 Å². The number of imidazole rings is 1. The number of aliphatic hydroxyl groups is 1. The lowest BCUT2D eigenvalue weighted by Gasteiger charge is -2.08. The monoisotopic (exact) mass is 209 g/mol. The molecule has 3 N–H and O–H groups in total. The first-order valence-electron chi connectivity index (χ1n) is 4.64. The number of aromatic nitrogens is 2. The van der Waals surface area contributed by atoms with Gasteiger partial charge in [-0.2, -0.15) is 0 Å². The average molecular weight is 209 g/mol. The zero-order valence-electron chi connectivity index (χ0n) is 8.31. The number of pyridine rings is 1. The largest absolute Gasteiger partial charge is 0.394 e. The topological polar surface area (TPSA) is 63.5 Å². The molecule has 1 unspecified atom stereocenters. The van der Waals surface area contributed by atoms with Gasteiger partial charge < -0.3 is 10.8 Å². The summed E-state index contributed by atoms with van der Waals surface area (Å²) in [4.78, 5) is 4.08. The predicted molar refractivity (Wildman–Crippen MR) is 53.9 cm³/mol. The van der Waals surface area contributed by atoms with Gasteiger partial charge in [-0.15, -0.1) is 0 Å². The zero-order valence-corrected chi connectivity index (χ0v) is 8.31. The SMILES string of the molecule is Cc1nc2c(F)cccn2c1C(N)CO. The van der Waals surface area contributed by atoms with E-state index in [-0.39, 0.29) is 12.3 Å². The second-order valence-corrected chi connectivity index (χ2v) is 3.42. The highest BCUT2D eigenvalue weighted by molar-refractivity contribution is 5.45. The van der Waals surface area contributed by atoms with Crippen molar-refractivity contribution in [3.63, 3.8) is 0 Å². The second kappa shape index (κ2) is 3.60. The summed E-state index contributed by atoms with van der Waals surface area (Å²) in [5.74, 6) is -0.392. The molecule has 0 aliphatic carbocycles. The number of halogens is 1. The third-order valence-electron chi connectivity index (χ3n) is 2.37. The molecule has 0 spiro atoms. The Hall–Kier alpha value is -1.46. The Bertz CT molecular complexity index is 495. The molecule has 0 bridgehead atoms. The molecule has 2 aromatic rings. The lowest BCUT2D eigenvalue weighted by molar-refractivity contribution is 0.265. The molecular weight excluding hydrogens is 197 g/mol. The van der Waals surface area contributed by atoms with Gasteiger partial charge in [-0.1, -0.05) is 0 Å². The summed E-state index contributed by atoms with van der Waals surface area (Å²) in [6, 6.07) is 2.38. The van der Waals surface area contributed by atoms with E-state index in [0.29, 0.717) is 11.4 Å². The molecule has 0 aliphatic heterocycles. The van der Waals surface area contributed by atoms with Gasteiger partial charge in [0.15, 0.2) is 11.5 Å². The van der Waals surface area contributed by atoms with Crippen molar-refractivity contribution in [1.29, 1.82) is 0 Å². The van der Waals surface area contributed by atoms with Crippen LogP contribution in [0.15, 0.2) is 18.3 Å². The Kier molecular flexibility index (Phi) is 2.42. The first-order valence-corrected chi connectivity index (χ1v) is 4.64. The highest BCUT2D eigenvalue weighted by atomic mass is 19.1. The fraction of sp³-hybridized carbons (Fsp3) is 0.300. The third-order valence-corrected chi connectivity index (χ3v) is 2.37. The van der Waals surface area contributed by atoms with Crippen LogP contribution < -0.4 is 5.73 Å². The van der Waals surface area contributed by atoms with Crippen molar-refractivity contribution in [2.24, 2.45) is 5.73 Å². The number of hydrogen-bond donors (Lipinski definition) is 2. The normalized spacial score (nSPS) is 13.3. The zero-order chi connectivity index (χ0) is 11.0. The Morgan fingerprint density at radius 2 is 2.40 bits per heavy atom. The Labute approximate surface area is 86.2 Å².